The maximum Gasteiger partial charge on any atom is 0.233 e. The molecule has 6 nitrogen and oxygen atoms in total. The average molecular weight is 272 g/mol. The number of thiophene rings is 1. The van der Waals surface area contributed by atoms with Gasteiger partial charge in [0.2, 0.25) is 11.7 Å². The van der Waals surface area contributed by atoms with Gasteiger partial charge in [-0.2, -0.15) is 10.2 Å². The summed E-state index contributed by atoms with van der Waals surface area (Å²) in [5.74, 6) is 1.45. The number of aryl methyl sites for hydroxylation is 1. The van der Waals surface area contributed by atoms with Gasteiger partial charge in [0.15, 0.2) is 5.76 Å². The van der Waals surface area contributed by atoms with E-state index >= 15 is 0 Å². The first-order valence-electron chi connectivity index (χ1n) is 5.49. The number of nitriles is 1. The van der Waals surface area contributed by atoms with Crippen molar-refractivity contribution in [1.82, 2.24) is 15.3 Å². The average Bonchev–Trinajstić information content (AvgIpc) is 3.11. The number of hydrogen-bond donors (Lipinski definition) is 0. The van der Waals surface area contributed by atoms with Gasteiger partial charge in [-0.05, 0) is 18.4 Å². The first-order valence-corrected chi connectivity index (χ1v) is 6.37. The zero-order valence-electron chi connectivity index (χ0n) is 9.95. The van der Waals surface area contributed by atoms with E-state index < -0.39 is 0 Å². The molecule has 0 aromatic carbocycles. The summed E-state index contributed by atoms with van der Waals surface area (Å²) in [4.78, 5) is 5.21. The zero-order valence-corrected chi connectivity index (χ0v) is 10.8. The maximum atomic E-state index is 9.01. The molecule has 0 saturated carbocycles. The van der Waals surface area contributed by atoms with E-state index in [-0.39, 0.29) is 0 Å². The van der Waals surface area contributed by atoms with Gasteiger partial charge in [0.05, 0.1) is 11.3 Å². The van der Waals surface area contributed by atoms with Gasteiger partial charge in [0.25, 0.3) is 0 Å². The number of hydrogen-bond acceptors (Lipinski definition) is 7. The summed E-state index contributed by atoms with van der Waals surface area (Å²) >= 11 is 1.54. The van der Waals surface area contributed by atoms with Crippen molar-refractivity contribution in [1.29, 1.82) is 5.26 Å². The summed E-state index contributed by atoms with van der Waals surface area (Å²) in [7, 11) is 0. The lowest BCUT2D eigenvalue weighted by atomic mass is 10.2. The standard InChI is InChI=1S/C12H8N4O2S/c1-7-8(6-13)9(15-17-7)5-11-14-12(16-18-11)10-3-2-4-19-10/h2-4H,5H2,1H3. The fraction of sp³-hybridized carbons (Fsp3) is 0.167. The van der Waals surface area contributed by atoms with Crippen molar-refractivity contribution in [2.75, 3.05) is 0 Å². The van der Waals surface area contributed by atoms with Gasteiger partial charge in [-0.25, -0.2) is 0 Å². The third kappa shape index (κ3) is 2.13. The van der Waals surface area contributed by atoms with Crippen molar-refractivity contribution >= 4 is 11.3 Å². The zero-order chi connectivity index (χ0) is 13.2. The fourth-order valence-corrected chi connectivity index (χ4v) is 2.31. The lowest BCUT2D eigenvalue weighted by Gasteiger charge is -1.88. The number of nitrogens with zero attached hydrogens (tertiary/aromatic N) is 4. The molecule has 0 fully saturated rings. The Morgan fingerprint density at radius 3 is 3.00 bits per heavy atom. The summed E-state index contributed by atoms with van der Waals surface area (Å²) in [6.07, 6.45) is 0.290. The molecule has 0 unspecified atom stereocenters. The van der Waals surface area contributed by atoms with Gasteiger partial charge in [0, 0.05) is 0 Å². The summed E-state index contributed by atoms with van der Waals surface area (Å²) in [6.45, 7) is 1.69. The molecule has 3 aromatic heterocycles. The van der Waals surface area contributed by atoms with E-state index in [0.29, 0.717) is 35.2 Å². The van der Waals surface area contributed by atoms with Crippen molar-refractivity contribution in [2.24, 2.45) is 0 Å². The van der Waals surface area contributed by atoms with E-state index in [1.54, 1.807) is 6.92 Å². The monoisotopic (exact) mass is 272 g/mol. The van der Waals surface area contributed by atoms with Crippen molar-refractivity contribution in [3.63, 3.8) is 0 Å². The van der Waals surface area contributed by atoms with E-state index in [1.165, 1.54) is 11.3 Å². The lowest BCUT2D eigenvalue weighted by molar-refractivity contribution is 0.371. The van der Waals surface area contributed by atoms with Crippen molar-refractivity contribution < 1.29 is 9.05 Å². The van der Waals surface area contributed by atoms with Crippen LogP contribution in [-0.4, -0.2) is 15.3 Å². The first-order chi connectivity index (χ1) is 9.28. The predicted molar refractivity (Wildman–Crippen MR) is 66.4 cm³/mol. The van der Waals surface area contributed by atoms with Crippen LogP contribution in [0.4, 0.5) is 0 Å². The Labute approximate surface area is 112 Å². The van der Waals surface area contributed by atoms with Gasteiger partial charge in [-0.1, -0.05) is 16.4 Å². The van der Waals surface area contributed by atoms with Gasteiger partial charge < -0.3 is 9.05 Å². The molecular formula is C12H8N4O2S. The molecule has 7 heteroatoms. The topological polar surface area (TPSA) is 88.7 Å². The van der Waals surface area contributed by atoms with Gasteiger partial charge in [0.1, 0.15) is 17.3 Å². The molecule has 3 rings (SSSR count). The van der Waals surface area contributed by atoms with E-state index in [2.05, 4.69) is 21.4 Å². The molecule has 19 heavy (non-hydrogen) atoms. The molecule has 0 saturated heterocycles. The molecule has 0 aliphatic rings. The van der Waals surface area contributed by atoms with E-state index in [4.69, 9.17) is 14.3 Å². The first kappa shape index (κ1) is 11.6. The number of aromatic nitrogens is 3. The maximum absolute atomic E-state index is 9.01. The highest BCUT2D eigenvalue weighted by molar-refractivity contribution is 7.13. The smallest absolute Gasteiger partial charge is 0.233 e. The highest BCUT2D eigenvalue weighted by atomic mass is 32.1. The highest BCUT2D eigenvalue weighted by Gasteiger charge is 2.17. The summed E-state index contributed by atoms with van der Waals surface area (Å²) < 4.78 is 10.1. The van der Waals surface area contributed by atoms with E-state index in [9.17, 15) is 0 Å². The Balaban J connectivity index is 1.87. The normalized spacial score (nSPS) is 10.5. The van der Waals surface area contributed by atoms with Crippen LogP contribution in [0.3, 0.4) is 0 Å². The molecule has 0 spiro atoms. The summed E-state index contributed by atoms with van der Waals surface area (Å²) in [5.41, 5.74) is 0.942. The Morgan fingerprint density at radius 2 is 2.26 bits per heavy atom. The molecular weight excluding hydrogens is 264 g/mol. The molecule has 0 radical (unpaired) electrons. The molecule has 0 amide bonds. The van der Waals surface area contributed by atoms with Crippen molar-refractivity contribution in [2.45, 2.75) is 13.3 Å². The quantitative estimate of drug-likeness (QED) is 0.728. The lowest BCUT2D eigenvalue weighted by Crippen LogP contribution is -1.92. The van der Waals surface area contributed by atoms with E-state index in [1.807, 2.05) is 17.5 Å². The third-order valence-electron chi connectivity index (χ3n) is 2.57. The van der Waals surface area contributed by atoms with E-state index in [0.717, 1.165) is 4.88 Å². The van der Waals surface area contributed by atoms with Crippen molar-refractivity contribution in [3.8, 4) is 16.8 Å². The van der Waals surface area contributed by atoms with Gasteiger partial charge >= 0.3 is 0 Å². The largest absolute Gasteiger partial charge is 0.360 e. The minimum atomic E-state index is 0.290. The molecule has 0 atom stereocenters. The van der Waals surface area contributed by atoms with Crippen LogP contribution in [0.5, 0.6) is 0 Å². The van der Waals surface area contributed by atoms with Gasteiger partial charge in [-0.15, -0.1) is 11.3 Å². The fourth-order valence-electron chi connectivity index (χ4n) is 1.66. The molecule has 94 valence electrons. The summed E-state index contributed by atoms with van der Waals surface area (Å²) in [6, 6.07) is 5.89. The van der Waals surface area contributed by atoms with Crippen LogP contribution in [-0.2, 0) is 6.42 Å². The molecule has 3 aromatic rings. The van der Waals surface area contributed by atoms with Crippen LogP contribution < -0.4 is 0 Å². The Hall–Kier alpha value is -2.46. The SMILES string of the molecule is Cc1onc(Cc2nc(-c3cccs3)no2)c1C#N. The Kier molecular flexibility index (Phi) is 2.85. The van der Waals surface area contributed by atoms with Crippen LogP contribution in [0.25, 0.3) is 10.7 Å². The molecule has 0 bridgehead atoms. The second-order valence-corrected chi connectivity index (χ2v) is 4.79. The van der Waals surface area contributed by atoms with Crippen molar-refractivity contribution in [3.05, 3.63) is 40.4 Å². The molecule has 0 N–H and O–H groups in total. The molecule has 0 aliphatic carbocycles. The molecule has 0 aliphatic heterocycles. The minimum Gasteiger partial charge on any atom is -0.360 e. The Bertz CT molecular complexity index is 736. The Morgan fingerprint density at radius 1 is 1.37 bits per heavy atom. The van der Waals surface area contributed by atoms with Crippen LogP contribution >= 0.6 is 11.3 Å². The predicted octanol–water partition coefficient (Wildman–Crippen LogP) is 2.56. The van der Waals surface area contributed by atoms with Crippen LogP contribution in [0.15, 0.2) is 26.6 Å². The van der Waals surface area contributed by atoms with Crippen LogP contribution in [0, 0.1) is 18.3 Å². The second-order valence-electron chi connectivity index (χ2n) is 3.84. The van der Waals surface area contributed by atoms with Crippen LogP contribution in [0.1, 0.15) is 22.9 Å². The third-order valence-corrected chi connectivity index (χ3v) is 3.44. The van der Waals surface area contributed by atoms with Crippen LogP contribution in [0.2, 0.25) is 0 Å². The minimum absolute atomic E-state index is 0.290. The molecule has 3 heterocycles. The number of rotatable bonds is 3. The second kappa shape index (κ2) is 4.66. The summed E-state index contributed by atoms with van der Waals surface area (Å²) in [5, 5.41) is 18.7. The van der Waals surface area contributed by atoms with Gasteiger partial charge in [-0.3, -0.25) is 0 Å². The highest BCUT2D eigenvalue weighted by Crippen LogP contribution is 2.22.